The fraction of sp³-hybridized carbons (Fsp3) is 0. The third kappa shape index (κ3) is 2.69. The van der Waals surface area contributed by atoms with Crippen molar-refractivity contribution >= 4 is 15.9 Å². The van der Waals surface area contributed by atoms with E-state index in [0.29, 0.717) is 0 Å². The summed E-state index contributed by atoms with van der Waals surface area (Å²) in [6, 6.07) is 7.62. The maximum atomic E-state index is 11.8. The smallest absolute Gasteiger partial charge is 0.266 e. The van der Waals surface area contributed by atoms with E-state index in [0.717, 1.165) is 0 Å². The van der Waals surface area contributed by atoms with Crippen molar-refractivity contribution in [1.82, 2.24) is 14.7 Å². The van der Waals surface area contributed by atoms with Gasteiger partial charge in [-0.3, -0.25) is 9.78 Å². The number of nitrogens with one attached hydrogen (secondary N) is 1. The number of amides is 1. The van der Waals surface area contributed by atoms with Gasteiger partial charge in [0.2, 0.25) is 0 Å². The van der Waals surface area contributed by atoms with Crippen LogP contribution in [0.1, 0.15) is 10.5 Å². The highest BCUT2D eigenvalue weighted by molar-refractivity contribution is 7.90. The van der Waals surface area contributed by atoms with E-state index < -0.39 is 15.9 Å². The lowest BCUT2D eigenvalue weighted by Gasteiger charge is -2.05. The Hall–Kier alpha value is -2.28. The Balaban J connectivity index is 2.23. The van der Waals surface area contributed by atoms with Crippen molar-refractivity contribution in [3.8, 4) is 0 Å². The molecule has 1 aromatic carbocycles. The molecule has 6 nitrogen and oxygen atoms in total. The predicted molar refractivity (Wildman–Crippen MR) is 63.1 cm³/mol. The Kier molecular flexibility index (Phi) is 3.33. The number of aromatic nitrogens is 2. The number of carbonyl (C=O) groups is 1. The van der Waals surface area contributed by atoms with Gasteiger partial charge in [0.05, 0.1) is 11.1 Å². The van der Waals surface area contributed by atoms with Gasteiger partial charge in [0, 0.05) is 12.4 Å². The number of sulfonamides is 1. The molecule has 0 saturated carbocycles. The maximum absolute atomic E-state index is 11.8. The molecule has 0 spiro atoms. The summed E-state index contributed by atoms with van der Waals surface area (Å²) in [5.74, 6) is -0.813. The van der Waals surface area contributed by atoms with Gasteiger partial charge in [0.15, 0.2) is 0 Å². The van der Waals surface area contributed by atoms with Gasteiger partial charge in [-0.25, -0.2) is 18.1 Å². The normalized spacial score (nSPS) is 10.9. The summed E-state index contributed by atoms with van der Waals surface area (Å²) >= 11 is 0. The van der Waals surface area contributed by atoms with Crippen molar-refractivity contribution in [3.05, 3.63) is 54.6 Å². The van der Waals surface area contributed by atoms with Crippen LogP contribution in [0.3, 0.4) is 0 Å². The molecule has 0 aliphatic carbocycles. The molecule has 1 amide bonds. The average Bonchev–Trinajstić information content (AvgIpc) is 2.40. The quantitative estimate of drug-likeness (QED) is 0.875. The molecule has 0 fully saturated rings. The molecule has 1 N–H and O–H groups in total. The number of hydrogen-bond donors (Lipinski definition) is 1. The summed E-state index contributed by atoms with van der Waals surface area (Å²) in [6.45, 7) is 0. The number of nitrogens with zero attached hydrogens (tertiary/aromatic N) is 2. The van der Waals surface area contributed by atoms with Gasteiger partial charge in [-0.2, -0.15) is 0 Å². The summed E-state index contributed by atoms with van der Waals surface area (Å²) in [7, 11) is -3.87. The molecule has 1 heterocycles. The summed E-state index contributed by atoms with van der Waals surface area (Å²) in [5, 5.41) is 0. The van der Waals surface area contributed by atoms with Gasteiger partial charge in [-0.1, -0.05) is 18.2 Å². The van der Waals surface area contributed by atoms with Crippen LogP contribution in [-0.4, -0.2) is 24.3 Å². The van der Waals surface area contributed by atoms with E-state index in [1.807, 2.05) is 4.72 Å². The molecule has 2 aromatic rings. The van der Waals surface area contributed by atoms with Crippen molar-refractivity contribution < 1.29 is 13.2 Å². The van der Waals surface area contributed by atoms with Gasteiger partial charge < -0.3 is 0 Å². The molecule has 0 aliphatic rings. The van der Waals surface area contributed by atoms with Crippen molar-refractivity contribution in [3.63, 3.8) is 0 Å². The highest BCUT2D eigenvalue weighted by Crippen LogP contribution is 2.07. The monoisotopic (exact) mass is 263 g/mol. The molecule has 0 bridgehead atoms. The molecular weight excluding hydrogens is 254 g/mol. The van der Waals surface area contributed by atoms with Crippen LogP contribution in [0.5, 0.6) is 0 Å². The van der Waals surface area contributed by atoms with E-state index in [4.69, 9.17) is 0 Å². The van der Waals surface area contributed by atoms with E-state index in [9.17, 15) is 13.2 Å². The Morgan fingerprint density at radius 3 is 2.44 bits per heavy atom. The third-order valence-electron chi connectivity index (χ3n) is 2.08. The first-order valence-corrected chi connectivity index (χ1v) is 6.46. The molecule has 0 unspecified atom stereocenters. The van der Waals surface area contributed by atoms with E-state index in [1.54, 1.807) is 18.2 Å². The molecule has 2 rings (SSSR count). The summed E-state index contributed by atoms with van der Waals surface area (Å²) in [5.41, 5.74) is -0.0583. The second kappa shape index (κ2) is 4.92. The molecule has 0 radical (unpaired) electrons. The predicted octanol–water partition coefficient (Wildman–Crippen LogP) is 0.595. The molecule has 0 saturated heterocycles. The van der Waals surface area contributed by atoms with Crippen molar-refractivity contribution in [1.29, 1.82) is 0 Å². The lowest BCUT2D eigenvalue weighted by atomic mass is 10.4. The first-order chi connectivity index (χ1) is 8.59. The minimum absolute atomic E-state index is 0.0160. The largest absolute Gasteiger partial charge is 0.285 e. The van der Waals surface area contributed by atoms with Crippen LogP contribution in [0.2, 0.25) is 0 Å². The lowest BCUT2D eigenvalue weighted by molar-refractivity contribution is 0.0976. The van der Waals surface area contributed by atoms with Gasteiger partial charge in [-0.05, 0) is 12.1 Å². The Bertz CT molecular complexity index is 642. The van der Waals surface area contributed by atoms with E-state index >= 15 is 0 Å². The minimum atomic E-state index is -3.87. The van der Waals surface area contributed by atoms with Gasteiger partial charge in [0.1, 0.15) is 5.69 Å². The first kappa shape index (κ1) is 12.2. The van der Waals surface area contributed by atoms with Gasteiger partial charge >= 0.3 is 0 Å². The third-order valence-corrected chi connectivity index (χ3v) is 3.42. The van der Waals surface area contributed by atoms with Gasteiger partial charge in [0.25, 0.3) is 15.9 Å². The van der Waals surface area contributed by atoms with Gasteiger partial charge in [-0.15, -0.1) is 0 Å². The standard InChI is InChI=1S/C11H9N3O3S/c15-11(10-8-12-6-7-13-10)14-18(16,17)9-4-2-1-3-5-9/h1-8H,(H,14,15). The molecule has 18 heavy (non-hydrogen) atoms. The molecule has 1 aromatic heterocycles. The fourth-order valence-corrected chi connectivity index (χ4v) is 2.23. The molecule has 0 aliphatic heterocycles. The maximum Gasteiger partial charge on any atom is 0.285 e. The molecule has 0 atom stereocenters. The SMILES string of the molecule is O=C(NS(=O)(=O)c1ccccc1)c1cnccn1. The zero-order valence-corrected chi connectivity index (χ0v) is 9.96. The lowest BCUT2D eigenvalue weighted by Crippen LogP contribution is -2.31. The fourth-order valence-electron chi connectivity index (χ4n) is 1.25. The average molecular weight is 263 g/mol. The summed E-state index contributed by atoms with van der Waals surface area (Å²) in [4.78, 5) is 19.1. The van der Waals surface area contributed by atoms with Crippen LogP contribution in [0, 0.1) is 0 Å². The zero-order chi connectivity index (χ0) is 13.0. The highest BCUT2D eigenvalue weighted by Gasteiger charge is 2.18. The van der Waals surface area contributed by atoms with Crippen LogP contribution in [0.4, 0.5) is 0 Å². The second-order valence-corrected chi connectivity index (χ2v) is 5.02. The van der Waals surface area contributed by atoms with Crippen LogP contribution >= 0.6 is 0 Å². The van der Waals surface area contributed by atoms with Crippen molar-refractivity contribution in [2.24, 2.45) is 0 Å². The summed E-state index contributed by atoms with van der Waals surface area (Å²) < 4.78 is 25.6. The Labute approximate surface area is 104 Å². The first-order valence-electron chi connectivity index (χ1n) is 4.98. The summed E-state index contributed by atoms with van der Waals surface area (Å²) in [6.07, 6.45) is 3.89. The van der Waals surface area contributed by atoms with Crippen molar-refractivity contribution in [2.45, 2.75) is 4.90 Å². The molecule has 92 valence electrons. The van der Waals surface area contributed by atoms with Crippen LogP contribution < -0.4 is 4.72 Å². The second-order valence-electron chi connectivity index (χ2n) is 3.34. The number of benzene rings is 1. The van der Waals surface area contributed by atoms with E-state index in [1.165, 1.54) is 30.7 Å². The van der Waals surface area contributed by atoms with Crippen LogP contribution in [0.25, 0.3) is 0 Å². The Morgan fingerprint density at radius 2 is 1.83 bits per heavy atom. The Morgan fingerprint density at radius 1 is 1.11 bits per heavy atom. The van der Waals surface area contributed by atoms with Crippen LogP contribution in [0.15, 0.2) is 53.8 Å². The van der Waals surface area contributed by atoms with E-state index in [2.05, 4.69) is 9.97 Å². The minimum Gasteiger partial charge on any atom is -0.266 e. The molecular formula is C11H9N3O3S. The topological polar surface area (TPSA) is 89.0 Å². The van der Waals surface area contributed by atoms with Crippen LogP contribution in [-0.2, 0) is 10.0 Å². The zero-order valence-electron chi connectivity index (χ0n) is 9.15. The highest BCUT2D eigenvalue weighted by atomic mass is 32.2. The van der Waals surface area contributed by atoms with E-state index in [-0.39, 0.29) is 10.6 Å². The molecule has 7 heteroatoms. The van der Waals surface area contributed by atoms with Crippen molar-refractivity contribution in [2.75, 3.05) is 0 Å². The number of rotatable bonds is 3. The number of hydrogen-bond acceptors (Lipinski definition) is 5. The number of carbonyl (C=O) groups excluding carboxylic acids is 1.